The van der Waals surface area contributed by atoms with Gasteiger partial charge in [0.2, 0.25) is 0 Å². The van der Waals surface area contributed by atoms with Gasteiger partial charge in [0.25, 0.3) is 0 Å². The Balaban J connectivity index is 1.97. The summed E-state index contributed by atoms with van der Waals surface area (Å²) in [5.41, 5.74) is 0.123. The van der Waals surface area contributed by atoms with Crippen molar-refractivity contribution in [3.05, 3.63) is 0 Å². The van der Waals surface area contributed by atoms with Crippen LogP contribution in [-0.2, 0) is 4.74 Å². The molecule has 1 heteroatoms. The van der Waals surface area contributed by atoms with Crippen molar-refractivity contribution in [2.24, 2.45) is 0 Å². The van der Waals surface area contributed by atoms with Crippen LogP contribution in [0.5, 0.6) is 0 Å². The van der Waals surface area contributed by atoms with Gasteiger partial charge in [-0.25, -0.2) is 0 Å². The van der Waals surface area contributed by atoms with E-state index in [9.17, 15) is 0 Å². The lowest BCUT2D eigenvalue weighted by atomic mass is 10.1. The second-order valence-corrected chi connectivity index (χ2v) is 3.73. The number of epoxide rings is 1. The number of ether oxygens (including phenoxy) is 1. The molecular formula is C11H18O. The third-order valence-corrected chi connectivity index (χ3v) is 2.13. The Labute approximate surface area is 75.5 Å². The molecule has 0 unspecified atom stereocenters. The zero-order chi connectivity index (χ0) is 8.86. The number of rotatable bonds is 4. The molecule has 1 rings (SSSR count). The van der Waals surface area contributed by atoms with E-state index < -0.39 is 0 Å². The van der Waals surface area contributed by atoms with E-state index >= 15 is 0 Å². The summed E-state index contributed by atoms with van der Waals surface area (Å²) in [7, 11) is 0. The standard InChI is InChI=1S/C11H18O/c1-3-4-5-6-7-8-9-11(2)10-12-11/h3-6,9-10H2,1-2H3/t11-/m1/s1. The summed E-state index contributed by atoms with van der Waals surface area (Å²) >= 11 is 0. The van der Waals surface area contributed by atoms with Gasteiger partial charge in [0.1, 0.15) is 0 Å². The van der Waals surface area contributed by atoms with E-state index in [1.807, 2.05) is 0 Å². The van der Waals surface area contributed by atoms with Gasteiger partial charge in [-0.15, -0.1) is 11.8 Å². The van der Waals surface area contributed by atoms with Crippen molar-refractivity contribution >= 4 is 0 Å². The van der Waals surface area contributed by atoms with Gasteiger partial charge in [0.05, 0.1) is 12.2 Å². The Morgan fingerprint density at radius 2 is 2.08 bits per heavy atom. The minimum Gasteiger partial charge on any atom is -0.369 e. The summed E-state index contributed by atoms with van der Waals surface area (Å²) < 4.78 is 5.22. The molecule has 0 N–H and O–H groups in total. The van der Waals surface area contributed by atoms with Crippen molar-refractivity contribution < 1.29 is 4.74 Å². The van der Waals surface area contributed by atoms with Crippen LogP contribution in [-0.4, -0.2) is 12.2 Å². The molecule has 0 aliphatic carbocycles. The molecule has 0 aromatic rings. The first-order chi connectivity index (χ1) is 5.77. The second kappa shape index (κ2) is 4.52. The maximum Gasteiger partial charge on any atom is 0.0997 e. The van der Waals surface area contributed by atoms with E-state index in [0.717, 1.165) is 19.4 Å². The topological polar surface area (TPSA) is 12.5 Å². The van der Waals surface area contributed by atoms with Crippen molar-refractivity contribution in [3.8, 4) is 11.8 Å². The number of hydrogen-bond acceptors (Lipinski definition) is 1. The third-order valence-electron chi connectivity index (χ3n) is 2.13. The summed E-state index contributed by atoms with van der Waals surface area (Å²) in [4.78, 5) is 0. The zero-order valence-electron chi connectivity index (χ0n) is 8.15. The summed E-state index contributed by atoms with van der Waals surface area (Å²) in [6.07, 6.45) is 5.81. The average Bonchev–Trinajstić information content (AvgIpc) is 2.77. The van der Waals surface area contributed by atoms with E-state index in [-0.39, 0.29) is 5.60 Å². The molecule has 68 valence electrons. The molecule has 1 heterocycles. The molecule has 1 nitrogen and oxygen atoms in total. The number of hydrogen-bond donors (Lipinski definition) is 0. The predicted octanol–water partition coefficient (Wildman–Crippen LogP) is 2.75. The van der Waals surface area contributed by atoms with Gasteiger partial charge in [0.15, 0.2) is 0 Å². The highest BCUT2D eigenvalue weighted by atomic mass is 16.6. The van der Waals surface area contributed by atoms with Crippen LogP contribution in [0.1, 0.15) is 46.0 Å². The normalized spacial score (nSPS) is 26.2. The Morgan fingerprint density at radius 3 is 2.67 bits per heavy atom. The SMILES string of the molecule is CCCCCC#CC[C@]1(C)CO1. The minimum atomic E-state index is 0.123. The highest BCUT2D eigenvalue weighted by Gasteiger charge is 2.37. The van der Waals surface area contributed by atoms with Gasteiger partial charge in [0, 0.05) is 12.8 Å². The first-order valence-electron chi connectivity index (χ1n) is 4.86. The quantitative estimate of drug-likeness (QED) is 0.355. The summed E-state index contributed by atoms with van der Waals surface area (Å²) in [6.45, 7) is 5.23. The van der Waals surface area contributed by atoms with Gasteiger partial charge in [-0.1, -0.05) is 19.8 Å². The van der Waals surface area contributed by atoms with Crippen molar-refractivity contribution in [1.82, 2.24) is 0 Å². The maximum atomic E-state index is 5.22. The molecule has 1 aliphatic rings. The molecule has 0 aromatic heterocycles. The first kappa shape index (κ1) is 9.61. The summed E-state index contributed by atoms with van der Waals surface area (Å²) in [5.74, 6) is 6.36. The zero-order valence-corrected chi connectivity index (χ0v) is 8.15. The average molecular weight is 166 g/mol. The predicted molar refractivity (Wildman–Crippen MR) is 50.9 cm³/mol. The van der Waals surface area contributed by atoms with Crippen LogP contribution in [0.25, 0.3) is 0 Å². The van der Waals surface area contributed by atoms with Crippen molar-refractivity contribution in [2.75, 3.05) is 6.61 Å². The molecule has 12 heavy (non-hydrogen) atoms. The Bertz CT molecular complexity index is 181. The number of unbranched alkanes of at least 4 members (excludes halogenated alkanes) is 3. The van der Waals surface area contributed by atoms with E-state index in [1.165, 1.54) is 19.3 Å². The smallest absolute Gasteiger partial charge is 0.0997 e. The van der Waals surface area contributed by atoms with Crippen molar-refractivity contribution in [1.29, 1.82) is 0 Å². The fraction of sp³-hybridized carbons (Fsp3) is 0.818. The molecule has 1 fully saturated rings. The molecule has 0 radical (unpaired) electrons. The fourth-order valence-electron chi connectivity index (χ4n) is 1.03. The summed E-state index contributed by atoms with van der Waals surface area (Å²) in [6, 6.07) is 0. The van der Waals surface area contributed by atoms with Crippen LogP contribution in [0, 0.1) is 11.8 Å². The van der Waals surface area contributed by atoms with Crippen molar-refractivity contribution in [2.45, 2.75) is 51.6 Å². The molecule has 0 amide bonds. The van der Waals surface area contributed by atoms with E-state index in [4.69, 9.17) is 4.74 Å². The molecule has 0 bridgehead atoms. The fourth-order valence-corrected chi connectivity index (χ4v) is 1.03. The van der Waals surface area contributed by atoms with E-state index in [1.54, 1.807) is 0 Å². The van der Waals surface area contributed by atoms with E-state index in [2.05, 4.69) is 25.7 Å². The Kier molecular flexibility index (Phi) is 3.62. The van der Waals surface area contributed by atoms with Gasteiger partial charge in [-0.05, 0) is 13.3 Å². The lowest BCUT2D eigenvalue weighted by Gasteiger charge is -1.94. The molecule has 0 saturated carbocycles. The monoisotopic (exact) mass is 166 g/mol. The molecule has 0 aromatic carbocycles. The molecule has 1 aliphatic heterocycles. The van der Waals surface area contributed by atoms with Gasteiger partial charge in [-0.3, -0.25) is 0 Å². The van der Waals surface area contributed by atoms with E-state index in [0.29, 0.717) is 0 Å². The first-order valence-corrected chi connectivity index (χ1v) is 4.86. The maximum absolute atomic E-state index is 5.22. The van der Waals surface area contributed by atoms with Crippen LogP contribution in [0.15, 0.2) is 0 Å². The Morgan fingerprint density at radius 1 is 1.33 bits per heavy atom. The minimum absolute atomic E-state index is 0.123. The van der Waals surface area contributed by atoms with Crippen LogP contribution < -0.4 is 0 Å². The summed E-state index contributed by atoms with van der Waals surface area (Å²) in [5, 5.41) is 0. The third kappa shape index (κ3) is 3.78. The lowest BCUT2D eigenvalue weighted by Crippen LogP contribution is -2.00. The molecular weight excluding hydrogens is 148 g/mol. The van der Waals surface area contributed by atoms with Gasteiger partial charge in [-0.2, -0.15) is 0 Å². The van der Waals surface area contributed by atoms with Gasteiger partial charge < -0.3 is 4.74 Å². The molecule has 1 atom stereocenters. The second-order valence-electron chi connectivity index (χ2n) is 3.73. The van der Waals surface area contributed by atoms with Crippen LogP contribution in [0.2, 0.25) is 0 Å². The molecule has 0 spiro atoms. The largest absolute Gasteiger partial charge is 0.369 e. The highest BCUT2D eigenvalue weighted by Crippen LogP contribution is 2.28. The highest BCUT2D eigenvalue weighted by molar-refractivity contribution is 5.06. The van der Waals surface area contributed by atoms with Crippen LogP contribution >= 0.6 is 0 Å². The lowest BCUT2D eigenvalue weighted by molar-refractivity contribution is 0.328. The van der Waals surface area contributed by atoms with Gasteiger partial charge >= 0.3 is 0 Å². The van der Waals surface area contributed by atoms with Crippen LogP contribution in [0.3, 0.4) is 0 Å². The van der Waals surface area contributed by atoms with Crippen LogP contribution in [0.4, 0.5) is 0 Å². The Hall–Kier alpha value is -0.480. The van der Waals surface area contributed by atoms with Crippen molar-refractivity contribution in [3.63, 3.8) is 0 Å². The molecule has 1 saturated heterocycles.